The molecule has 5 heteroatoms. The molecule has 1 unspecified atom stereocenters. The van der Waals surface area contributed by atoms with Gasteiger partial charge in [-0.3, -0.25) is 0 Å². The lowest BCUT2D eigenvalue weighted by atomic mass is 10.0. The van der Waals surface area contributed by atoms with Gasteiger partial charge in [0.05, 0.1) is 5.56 Å². The van der Waals surface area contributed by atoms with E-state index in [2.05, 4.69) is 11.8 Å². The molecular formula is C15H21F3N2. The summed E-state index contributed by atoms with van der Waals surface area (Å²) in [7, 11) is 0. The van der Waals surface area contributed by atoms with Gasteiger partial charge < -0.3 is 10.6 Å². The van der Waals surface area contributed by atoms with Gasteiger partial charge in [-0.1, -0.05) is 18.9 Å². The quantitative estimate of drug-likeness (QED) is 0.892. The largest absolute Gasteiger partial charge is 0.416 e. The molecule has 1 fully saturated rings. The van der Waals surface area contributed by atoms with Crippen molar-refractivity contribution in [2.45, 2.75) is 51.4 Å². The Kier molecular flexibility index (Phi) is 4.58. The Hall–Kier alpha value is -1.23. The fourth-order valence-corrected chi connectivity index (χ4v) is 2.84. The Morgan fingerprint density at radius 3 is 2.65 bits per heavy atom. The molecule has 112 valence electrons. The van der Waals surface area contributed by atoms with Crippen LogP contribution in [0.1, 0.15) is 43.7 Å². The molecule has 1 aromatic rings. The lowest BCUT2D eigenvalue weighted by molar-refractivity contribution is -0.138. The highest BCUT2D eigenvalue weighted by Gasteiger charge is 2.34. The van der Waals surface area contributed by atoms with Crippen LogP contribution in [0.3, 0.4) is 0 Å². The zero-order chi connectivity index (χ0) is 14.8. The van der Waals surface area contributed by atoms with Gasteiger partial charge in [-0.15, -0.1) is 0 Å². The number of hydrogen-bond donors (Lipinski definition) is 1. The summed E-state index contributed by atoms with van der Waals surface area (Å²) < 4.78 is 39.3. The van der Waals surface area contributed by atoms with E-state index >= 15 is 0 Å². The number of hydrogen-bond acceptors (Lipinski definition) is 2. The number of benzene rings is 1. The van der Waals surface area contributed by atoms with E-state index in [1.165, 1.54) is 12.1 Å². The van der Waals surface area contributed by atoms with Gasteiger partial charge in [-0.05, 0) is 37.5 Å². The summed E-state index contributed by atoms with van der Waals surface area (Å²) in [6.07, 6.45) is 0.00263. The van der Waals surface area contributed by atoms with Gasteiger partial charge in [0.2, 0.25) is 0 Å². The topological polar surface area (TPSA) is 29.3 Å². The first-order chi connectivity index (χ1) is 9.43. The van der Waals surface area contributed by atoms with E-state index in [9.17, 15) is 13.2 Å². The molecular weight excluding hydrogens is 265 g/mol. The standard InChI is InChI=1S/C15H21F3N2/c1-11-5-3-2-4-8-20(11)13-7-6-12(10-19)14(9-13)15(16,17)18/h6-7,9,11H,2-5,8,10,19H2,1H3. The van der Waals surface area contributed by atoms with Crippen LogP contribution in [0.5, 0.6) is 0 Å². The first-order valence-electron chi connectivity index (χ1n) is 7.10. The van der Waals surface area contributed by atoms with Gasteiger partial charge in [0.25, 0.3) is 0 Å². The molecule has 2 N–H and O–H groups in total. The minimum absolute atomic E-state index is 0.0926. The Labute approximate surface area is 117 Å². The van der Waals surface area contributed by atoms with E-state index in [4.69, 9.17) is 5.73 Å². The van der Waals surface area contributed by atoms with E-state index in [0.717, 1.165) is 32.2 Å². The van der Waals surface area contributed by atoms with Gasteiger partial charge in [0, 0.05) is 24.8 Å². The summed E-state index contributed by atoms with van der Waals surface area (Å²) >= 11 is 0. The Bertz CT molecular complexity index is 457. The van der Waals surface area contributed by atoms with Gasteiger partial charge in [0.1, 0.15) is 0 Å². The lowest BCUT2D eigenvalue weighted by Gasteiger charge is -2.30. The van der Waals surface area contributed by atoms with Gasteiger partial charge in [-0.2, -0.15) is 13.2 Å². The van der Waals surface area contributed by atoms with Crippen molar-refractivity contribution in [1.82, 2.24) is 0 Å². The maximum absolute atomic E-state index is 13.1. The van der Waals surface area contributed by atoms with Crippen LogP contribution in [-0.4, -0.2) is 12.6 Å². The maximum Gasteiger partial charge on any atom is 0.416 e. The molecule has 1 aromatic carbocycles. The summed E-state index contributed by atoms with van der Waals surface area (Å²) in [6.45, 7) is 2.81. The first-order valence-corrected chi connectivity index (χ1v) is 7.10. The van der Waals surface area contributed by atoms with Gasteiger partial charge in [0.15, 0.2) is 0 Å². The van der Waals surface area contributed by atoms with Crippen LogP contribution in [0.15, 0.2) is 18.2 Å². The predicted molar refractivity (Wildman–Crippen MR) is 74.6 cm³/mol. The second kappa shape index (κ2) is 6.04. The smallest absolute Gasteiger partial charge is 0.369 e. The molecule has 0 aliphatic carbocycles. The summed E-state index contributed by atoms with van der Waals surface area (Å²) in [6, 6.07) is 4.81. The van der Waals surface area contributed by atoms with Crippen molar-refractivity contribution >= 4 is 5.69 Å². The van der Waals surface area contributed by atoms with E-state index in [-0.39, 0.29) is 18.2 Å². The van der Waals surface area contributed by atoms with Crippen LogP contribution < -0.4 is 10.6 Å². The highest BCUT2D eigenvalue weighted by atomic mass is 19.4. The van der Waals surface area contributed by atoms with Crippen molar-refractivity contribution in [3.05, 3.63) is 29.3 Å². The number of halogens is 3. The van der Waals surface area contributed by atoms with Gasteiger partial charge >= 0.3 is 6.18 Å². The number of nitrogens with two attached hydrogens (primary N) is 1. The number of nitrogens with zero attached hydrogens (tertiary/aromatic N) is 1. The molecule has 0 amide bonds. The lowest BCUT2D eigenvalue weighted by Crippen LogP contribution is -2.32. The molecule has 0 radical (unpaired) electrons. The number of rotatable bonds is 2. The summed E-state index contributed by atoms with van der Waals surface area (Å²) in [5.74, 6) is 0. The molecule has 1 aliphatic heterocycles. The van der Waals surface area contributed by atoms with Crippen LogP contribution in [0.4, 0.5) is 18.9 Å². The fourth-order valence-electron chi connectivity index (χ4n) is 2.84. The Morgan fingerprint density at radius 1 is 1.25 bits per heavy atom. The predicted octanol–water partition coefficient (Wildman–Crippen LogP) is 3.93. The molecule has 1 heterocycles. The van der Waals surface area contributed by atoms with Crippen molar-refractivity contribution < 1.29 is 13.2 Å². The monoisotopic (exact) mass is 286 g/mol. The van der Waals surface area contributed by atoms with E-state index in [1.54, 1.807) is 6.07 Å². The van der Waals surface area contributed by atoms with Crippen LogP contribution in [-0.2, 0) is 12.7 Å². The Morgan fingerprint density at radius 2 is 2.00 bits per heavy atom. The molecule has 0 spiro atoms. The normalized spacial score (nSPS) is 20.9. The van der Waals surface area contributed by atoms with Gasteiger partial charge in [-0.25, -0.2) is 0 Å². The second-order valence-corrected chi connectivity index (χ2v) is 5.44. The SMILES string of the molecule is CC1CCCCCN1c1ccc(CN)c(C(F)(F)F)c1. The molecule has 0 aromatic heterocycles. The van der Waals surface area contributed by atoms with Crippen LogP contribution in [0.2, 0.25) is 0 Å². The van der Waals surface area contributed by atoms with Crippen LogP contribution in [0.25, 0.3) is 0 Å². The minimum atomic E-state index is -4.35. The van der Waals surface area contributed by atoms with Crippen molar-refractivity contribution in [2.24, 2.45) is 5.73 Å². The number of alkyl halides is 3. The highest BCUT2D eigenvalue weighted by Crippen LogP contribution is 2.35. The van der Waals surface area contributed by atoms with Crippen molar-refractivity contribution in [1.29, 1.82) is 0 Å². The van der Waals surface area contributed by atoms with E-state index < -0.39 is 11.7 Å². The van der Waals surface area contributed by atoms with Crippen LogP contribution >= 0.6 is 0 Å². The van der Waals surface area contributed by atoms with E-state index in [0.29, 0.717) is 5.69 Å². The fraction of sp³-hybridized carbons (Fsp3) is 0.600. The highest BCUT2D eigenvalue weighted by molar-refractivity contribution is 5.52. The number of anilines is 1. The third-order valence-electron chi connectivity index (χ3n) is 4.00. The summed E-state index contributed by atoms with van der Waals surface area (Å²) in [4.78, 5) is 2.09. The first kappa shape index (κ1) is 15.2. The molecule has 2 nitrogen and oxygen atoms in total. The average molecular weight is 286 g/mol. The average Bonchev–Trinajstić information content (AvgIpc) is 2.62. The third-order valence-corrected chi connectivity index (χ3v) is 4.00. The van der Waals surface area contributed by atoms with Crippen molar-refractivity contribution in [3.8, 4) is 0 Å². The van der Waals surface area contributed by atoms with Crippen molar-refractivity contribution in [2.75, 3.05) is 11.4 Å². The summed E-state index contributed by atoms with van der Waals surface area (Å²) in [5.41, 5.74) is 5.62. The zero-order valence-electron chi connectivity index (χ0n) is 11.7. The molecule has 0 saturated carbocycles. The summed E-state index contributed by atoms with van der Waals surface area (Å²) in [5, 5.41) is 0. The molecule has 2 rings (SSSR count). The molecule has 1 aliphatic rings. The Balaban J connectivity index is 2.37. The molecule has 20 heavy (non-hydrogen) atoms. The zero-order valence-corrected chi connectivity index (χ0v) is 11.7. The molecule has 1 saturated heterocycles. The molecule has 0 bridgehead atoms. The minimum Gasteiger partial charge on any atom is -0.369 e. The second-order valence-electron chi connectivity index (χ2n) is 5.44. The van der Waals surface area contributed by atoms with Crippen LogP contribution in [0, 0.1) is 0 Å². The van der Waals surface area contributed by atoms with Crippen molar-refractivity contribution in [3.63, 3.8) is 0 Å². The van der Waals surface area contributed by atoms with E-state index in [1.807, 2.05) is 0 Å². The third kappa shape index (κ3) is 3.26. The molecule has 1 atom stereocenters. The maximum atomic E-state index is 13.1.